The lowest BCUT2D eigenvalue weighted by Crippen LogP contribution is -2.42. The number of nitrogens with zero attached hydrogens (tertiary/aromatic N) is 2. The van der Waals surface area contributed by atoms with Crippen LogP contribution in [0.5, 0.6) is 5.75 Å². The van der Waals surface area contributed by atoms with Crippen molar-refractivity contribution in [2.24, 2.45) is 0 Å². The molecule has 1 aliphatic rings. The molecule has 0 bridgehead atoms. The van der Waals surface area contributed by atoms with Crippen LogP contribution >= 0.6 is 0 Å². The van der Waals surface area contributed by atoms with Gasteiger partial charge in [-0.3, -0.25) is 14.9 Å². The molecular formula is C13H14N2O6. The average molecular weight is 294 g/mol. The second-order valence-electron chi connectivity index (χ2n) is 4.60. The van der Waals surface area contributed by atoms with Crippen LogP contribution in [0.3, 0.4) is 0 Å². The number of hydrogen-bond acceptors (Lipinski definition) is 5. The number of likely N-dealkylation sites (tertiary alicyclic amines) is 1. The van der Waals surface area contributed by atoms with E-state index in [1.807, 2.05) is 0 Å². The molecular weight excluding hydrogens is 280 g/mol. The fraction of sp³-hybridized carbons (Fsp3) is 0.385. The topological polar surface area (TPSA) is 110 Å². The van der Waals surface area contributed by atoms with Gasteiger partial charge in [-0.25, -0.2) is 4.79 Å². The molecule has 1 aliphatic heterocycles. The first kappa shape index (κ1) is 14.8. The van der Waals surface area contributed by atoms with Gasteiger partial charge in [0, 0.05) is 12.6 Å². The highest BCUT2D eigenvalue weighted by Gasteiger charge is 2.34. The quantitative estimate of drug-likeness (QED) is 0.642. The number of para-hydroxylation sites is 2. The van der Waals surface area contributed by atoms with Gasteiger partial charge in [0.15, 0.2) is 12.4 Å². The van der Waals surface area contributed by atoms with Crippen LogP contribution in [0.4, 0.5) is 5.69 Å². The van der Waals surface area contributed by atoms with Crippen molar-refractivity contribution in [2.75, 3.05) is 13.2 Å². The van der Waals surface area contributed by atoms with Gasteiger partial charge in [-0.05, 0) is 18.9 Å². The monoisotopic (exact) mass is 294 g/mol. The summed E-state index contributed by atoms with van der Waals surface area (Å²) in [5.41, 5.74) is -0.235. The summed E-state index contributed by atoms with van der Waals surface area (Å²) in [6.45, 7) is -0.0648. The number of nitro groups is 1. The Morgan fingerprint density at radius 1 is 1.43 bits per heavy atom. The summed E-state index contributed by atoms with van der Waals surface area (Å²) >= 11 is 0. The Bertz CT molecular complexity index is 574. The van der Waals surface area contributed by atoms with Crippen molar-refractivity contribution in [1.29, 1.82) is 0 Å². The van der Waals surface area contributed by atoms with Crippen LogP contribution in [0.1, 0.15) is 12.8 Å². The first-order valence-electron chi connectivity index (χ1n) is 6.39. The first-order chi connectivity index (χ1) is 10.0. The van der Waals surface area contributed by atoms with Gasteiger partial charge in [0.25, 0.3) is 5.91 Å². The van der Waals surface area contributed by atoms with Gasteiger partial charge in [0.1, 0.15) is 6.04 Å². The van der Waals surface area contributed by atoms with Gasteiger partial charge in [0.05, 0.1) is 4.92 Å². The molecule has 0 aliphatic carbocycles. The standard InChI is InChI=1S/C13H14N2O6/c16-12(14-7-3-5-10(14)13(17)18)8-21-11-6-2-1-4-9(11)15(19)20/h1-2,4,6,10H,3,5,7-8H2,(H,17,18)/t10-/m0/s1. The van der Waals surface area contributed by atoms with Crippen LogP contribution in [0, 0.1) is 10.1 Å². The molecule has 1 heterocycles. The minimum Gasteiger partial charge on any atom is -0.480 e. The molecule has 1 saturated heterocycles. The number of rotatable bonds is 5. The smallest absolute Gasteiger partial charge is 0.326 e. The lowest BCUT2D eigenvalue weighted by atomic mass is 10.2. The number of hydrogen-bond donors (Lipinski definition) is 1. The van der Waals surface area contributed by atoms with E-state index in [0.29, 0.717) is 19.4 Å². The molecule has 21 heavy (non-hydrogen) atoms. The molecule has 1 aromatic carbocycles. The number of carboxylic acid groups (broad SMARTS) is 1. The molecule has 1 N–H and O–H groups in total. The van der Waals surface area contributed by atoms with Crippen LogP contribution < -0.4 is 4.74 Å². The molecule has 2 rings (SSSR count). The highest BCUT2D eigenvalue weighted by Crippen LogP contribution is 2.26. The molecule has 1 aromatic rings. The minimum atomic E-state index is -1.05. The van der Waals surface area contributed by atoms with Gasteiger partial charge in [-0.2, -0.15) is 0 Å². The number of nitro benzene ring substituents is 1. The van der Waals surface area contributed by atoms with Gasteiger partial charge in [-0.15, -0.1) is 0 Å². The predicted molar refractivity (Wildman–Crippen MR) is 71.0 cm³/mol. The number of ether oxygens (including phenoxy) is 1. The molecule has 1 atom stereocenters. The summed E-state index contributed by atoms with van der Waals surface area (Å²) in [4.78, 5) is 34.4. The summed E-state index contributed by atoms with van der Waals surface area (Å²) in [5.74, 6) is -1.55. The molecule has 8 heteroatoms. The maximum atomic E-state index is 12.0. The third-order valence-corrected chi connectivity index (χ3v) is 3.27. The lowest BCUT2D eigenvalue weighted by Gasteiger charge is -2.21. The number of carbonyl (C=O) groups is 2. The second-order valence-corrected chi connectivity index (χ2v) is 4.60. The van der Waals surface area contributed by atoms with Crippen molar-refractivity contribution in [3.8, 4) is 5.75 Å². The number of aliphatic carboxylic acids is 1. The zero-order chi connectivity index (χ0) is 15.4. The van der Waals surface area contributed by atoms with E-state index < -0.39 is 29.4 Å². The molecule has 0 unspecified atom stereocenters. The molecule has 1 amide bonds. The van der Waals surface area contributed by atoms with Crippen LogP contribution in [0.2, 0.25) is 0 Å². The molecule has 1 fully saturated rings. The Kier molecular flexibility index (Phi) is 4.36. The largest absolute Gasteiger partial charge is 0.480 e. The zero-order valence-electron chi connectivity index (χ0n) is 11.1. The first-order valence-corrected chi connectivity index (χ1v) is 6.39. The molecule has 8 nitrogen and oxygen atoms in total. The highest BCUT2D eigenvalue weighted by atomic mass is 16.6. The Labute approximate surface area is 120 Å². The minimum absolute atomic E-state index is 0.0121. The van der Waals surface area contributed by atoms with Gasteiger partial charge in [0.2, 0.25) is 0 Å². The summed E-state index contributed by atoms with van der Waals surface area (Å²) in [5, 5.41) is 19.8. The third-order valence-electron chi connectivity index (χ3n) is 3.27. The van der Waals surface area contributed by atoms with E-state index in [0.717, 1.165) is 0 Å². The fourth-order valence-electron chi connectivity index (χ4n) is 2.27. The summed E-state index contributed by atoms with van der Waals surface area (Å²) < 4.78 is 5.17. The normalized spacial score (nSPS) is 17.5. The molecule has 0 aromatic heterocycles. The van der Waals surface area contributed by atoms with Crippen LogP contribution in [0.15, 0.2) is 24.3 Å². The van der Waals surface area contributed by atoms with Crippen molar-refractivity contribution >= 4 is 17.6 Å². The number of carbonyl (C=O) groups excluding carboxylic acids is 1. The number of benzene rings is 1. The Hall–Kier alpha value is -2.64. The zero-order valence-corrected chi connectivity index (χ0v) is 11.1. The highest BCUT2D eigenvalue weighted by molar-refractivity contribution is 5.85. The molecule has 0 radical (unpaired) electrons. The Balaban J connectivity index is 2.02. The average Bonchev–Trinajstić information content (AvgIpc) is 2.94. The maximum Gasteiger partial charge on any atom is 0.326 e. The van der Waals surface area contributed by atoms with E-state index in [9.17, 15) is 19.7 Å². The van der Waals surface area contributed by atoms with E-state index in [4.69, 9.17) is 9.84 Å². The van der Waals surface area contributed by atoms with E-state index in [-0.39, 0.29) is 11.4 Å². The Morgan fingerprint density at radius 3 is 2.81 bits per heavy atom. The summed E-state index contributed by atoms with van der Waals surface area (Å²) in [6.07, 6.45) is 1.03. The van der Waals surface area contributed by atoms with Gasteiger partial charge < -0.3 is 14.7 Å². The number of amides is 1. The van der Waals surface area contributed by atoms with E-state index in [1.54, 1.807) is 6.07 Å². The summed E-state index contributed by atoms with van der Waals surface area (Å²) in [7, 11) is 0. The Morgan fingerprint density at radius 2 is 2.14 bits per heavy atom. The molecule has 0 saturated carbocycles. The van der Waals surface area contributed by atoms with Gasteiger partial charge in [-0.1, -0.05) is 12.1 Å². The third kappa shape index (κ3) is 3.28. The predicted octanol–water partition coefficient (Wildman–Crippen LogP) is 1.05. The van der Waals surface area contributed by atoms with Crippen molar-refractivity contribution < 1.29 is 24.4 Å². The van der Waals surface area contributed by atoms with Crippen LogP contribution in [-0.4, -0.2) is 46.0 Å². The lowest BCUT2D eigenvalue weighted by molar-refractivity contribution is -0.385. The SMILES string of the molecule is O=C(O)[C@@H]1CCCN1C(=O)COc1ccccc1[N+](=O)[O-]. The molecule has 0 spiro atoms. The van der Waals surface area contributed by atoms with Gasteiger partial charge >= 0.3 is 11.7 Å². The van der Waals surface area contributed by atoms with E-state index >= 15 is 0 Å². The van der Waals surface area contributed by atoms with Crippen molar-refractivity contribution in [2.45, 2.75) is 18.9 Å². The van der Waals surface area contributed by atoms with Crippen LogP contribution in [-0.2, 0) is 9.59 Å². The molecule has 112 valence electrons. The summed E-state index contributed by atoms with van der Waals surface area (Å²) in [6, 6.07) is 4.88. The van der Waals surface area contributed by atoms with Crippen LogP contribution in [0.25, 0.3) is 0 Å². The van der Waals surface area contributed by atoms with E-state index in [2.05, 4.69) is 0 Å². The second kappa shape index (κ2) is 6.21. The van der Waals surface area contributed by atoms with Crippen molar-refractivity contribution in [3.05, 3.63) is 34.4 Å². The fourth-order valence-corrected chi connectivity index (χ4v) is 2.27. The van der Waals surface area contributed by atoms with E-state index in [1.165, 1.54) is 23.1 Å². The maximum absolute atomic E-state index is 12.0. The van der Waals surface area contributed by atoms with Crippen molar-refractivity contribution in [3.63, 3.8) is 0 Å². The van der Waals surface area contributed by atoms with Crippen molar-refractivity contribution in [1.82, 2.24) is 4.90 Å². The number of carboxylic acids is 1.